The van der Waals surface area contributed by atoms with E-state index in [-0.39, 0.29) is 41.5 Å². The highest BCUT2D eigenvalue weighted by Gasteiger charge is 2.40. The van der Waals surface area contributed by atoms with Crippen LogP contribution in [0.4, 0.5) is 4.79 Å². The lowest BCUT2D eigenvalue weighted by Gasteiger charge is -2.46. The first-order valence-corrected chi connectivity index (χ1v) is 13.5. The van der Waals surface area contributed by atoms with Gasteiger partial charge in [-0.25, -0.2) is 13.2 Å². The molecule has 34 heavy (non-hydrogen) atoms. The minimum Gasteiger partial charge on any atom is -0.366 e. The van der Waals surface area contributed by atoms with Crippen molar-refractivity contribution in [3.63, 3.8) is 0 Å². The van der Waals surface area contributed by atoms with E-state index in [1.165, 1.54) is 12.3 Å². The fourth-order valence-electron chi connectivity index (χ4n) is 4.90. The number of likely N-dealkylation sites (tertiary alicyclic amines) is 2. The van der Waals surface area contributed by atoms with E-state index in [0.717, 1.165) is 17.5 Å². The van der Waals surface area contributed by atoms with Crippen LogP contribution in [0, 0.1) is 0 Å². The zero-order valence-electron chi connectivity index (χ0n) is 18.7. The number of amides is 3. The Morgan fingerprint density at radius 3 is 2.53 bits per heavy atom. The van der Waals surface area contributed by atoms with Crippen molar-refractivity contribution in [2.75, 3.05) is 39.0 Å². The van der Waals surface area contributed by atoms with Gasteiger partial charge in [0.15, 0.2) is 9.84 Å². The molecule has 3 aliphatic heterocycles. The first kappa shape index (κ1) is 23.1. The van der Waals surface area contributed by atoms with Crippen LogP contribution < -0.4 is 5.32 Å². The number of rotatable bonds is 3. The van der Waals surface area contributed by atoms with Gasteiger partial charge >= 0.3 is 6.03 Å². The van der Waals surface area contributed by atoms with E-state index in [0.29, 0.717) is 36.8 Å². The fraction of sp³-hybridized carbons (Fsp3) is 0.417. The van der Waals surface area contributed by atoms with E-state index >= 15 is 0 Å². The van der Waals surface area contributed by atoms with Gasteiger partial charge in [-0.05, 0) is 29.7 Å². The summed E-state index contributed by atoms with van der Waals surface area (Å²) in [6.45, 7) is 2.43. The maximum atomic E-state index is 12.9. The molecule has 0 radical (unpaired) electrons. The monoisotopic (exact) mass is 503 g/mol. The SMILES string of the molecule is CS(=O)(=O)c1cc(Cl)ccc1-c1ccc(C2CN(C(=O)N3CC[C@@H]4OCC(=O)N[C@@H]4C3)C2)cc1. The zero-order chi connectivity index (χ0) is 24.0. The molecule has 0 saturated carbocycles. The number of urea groups is 1. The molecule has 0 spiro atoms. The average Bonchev–Trinajstić information content (AvgIpc) is 2.77. The Morgan fingerprint density at radius 2 is 1.82 bits per heavy atom. The van der Waals surface area contributed by atoms with Crippen molar-refractivity contribution in [2.45, 2.75) is 29.4 Å². The summed E-state index contributed by atoms with van der Waals surface area (Å²) in [5, 5.41) is 3.30. The number of fused-ring (bicyclic) bond motifs is 1. The number of halogens is 1. The van der Waals surface area contributed by atoms with Gasteiger partial charge in [0, 0.05) is 48.9 Å². The summed E-state index contributed by atoms with van der Waals surface area (Å²) in [7, 11) is -3.43. The van der Waals surface area contributed by atoms with E-state index in [1.54, 1.807) is 17.0 Å². The second kappa shape index (κ2) is 8.87. The number of carbonyl (C=O) groups excluding carboxylic acids is 2. The molecule has 10 heteroatoms. The second-order valence-electron chi connectivity index (χ2n) is 9.18. The van der Waals surface area contributed by atoms with Crippen LogP contribution in [0.15, 0.2) is 47.4 Å². The largest absolute Gasteiger partial charge is 0.366 e. The molecule has 3 amide bonds. The van der Waals surface area contributed by atoms with Crippen LogP contribution in [0.2, 0.25) is 5.02 Å². The van der Waals surface area contributed by atoms with Crippen LogP contribution in [0.25, 0.3) is 11.1 Å². The lowest BCUT2D eigenvalue weighted by molar-refractivity contribution is -0.139. The van der Waals surface area contributed by atoms with Gasteiger partial charge in [0.1, 0.15) is 6.61 Å². The summed E-state index contributed by atoms with van der Waals surface area (Å²) in [6.07, 6.45) is 1.87. The van der Waals surface area contributed by atoms with Crippen molar-refractivity contribution in [2.24, 2.45) is 0 Å². The molecule has 3 heterocycles. The predicted molar refractivity (Wildman–Crippen MR) is 128 cm³/mol. The van der Waals surface area contributed by atoms with E-state index in [2.05, 4.69) is 5.32 Å². The van der Waals surface area contributed by atoms with Crippen LogP contribution in [0.1, 0.15) is 17.9 Å². The van der Waals surface area contributed by atoms with Crippen LogP contribution in [-0.2, 0) is 19.4 Å². The maximum absolute atomic E-state index is 12.9. The smallest absolute Gasteiger partial charge is 0.320 e. The van der Waals surface area contributed by atoms with Gasteiger partial charge in [-0.15, -0.1) is 0 Å². The fourth-order valence-corrected chi connectivity index (χ4v) is 6.06. The van der Waals surface area contributed by atoms with Crippen molar-refractivity contribution < 1.29 is 22.7 Å². The Bertz CT molecular complexity index is 1230. The zero-order valence-corrected chi connectivity index (χ0v) is 20.3. The maximum Gasteiger partial charge on any atom is 0.320 e. The molecule has 180 valence electrons. The Balaban J connectivity index is 1.22. The van der Waals surface area contributed by atoms with Gasteiger partial charge in [-0.3, -0.25) is 4.79 Å². The van der Waals surface area contributed by atoms with Gasteiger partial charge in [0.2, 0.25) is 5.91 Å². The number of hydrogen-bond acceptors (Lipinski definition) is 5. The summed E-state index contributed by atoms with van der Waals surface area (Å²) in [5.41, 5.74) is 2.52. The molecular weight excluding hydrogens is 478 g/mol. The van der Waals surface area contributed by atoms with E-state index in [4.69, 9.17) is 16.3 Å². The van der Waals surface area contributed by atoms with Gasteiger partial charge in [-0.2, -0.15) is 0 Å². The normalized spacial score (nSPS) is 23.2. The molecule has 2 aromatic carbocycles. The quantitative estimate of drug-likeness (QED) is 0.694. The highest BCUT2D eigenvalue weighted by Crippen LogP contribution is 2.33. The highest BCUT2D eigenvalue weighted by atomic mass is 35.5. The van der Waals surface area contributed by atoms with Gasteiger partial charge < -0.3 is 19.9 Å². The molecule has 0 unspecified atom stereocenters. The van der Waals surface area contributed by atoms with Crippen molar-refractivity contribution in [1.82, 2.24) is 15.1 Å². The molecule has 1 N–H and O–H groups in total. The summed E-state index contributed by atoms with van der Waals surface area (Å²) >= 11 is 6.01. The lowest BCUT2D eigenvalue weighted by atomic mass is 9.90. The second-order valence-corrected chi connectivity index (χ2v) is 11.6. The highest BCUT2D eigenvalue weighted by molar-refractivity contribution is 7.90. The molecule has 8 nitrogen and oxygen atoms in total. The van der Waals surface area contributed by atoms with E-state index in [1.807, 2.05) is 29.2 Å². The van der Waals surface area contributed by atoms with Gasteiger partial charge in [0.05, 0.1) is 17.0 Å². The molecule has 5 rings (SSSR count). The number of ether oxygens (including phenoxy) is 1. The molecule has 0 aliphatic carbocycles. The number of hydrogen-bond donors (Lipinski definition) is 1. The van der Waals surface area contributed by atoms with Crippen LogP contribution in [0.5, 0.6) is 0 Å². The van der Waals surface area contributed by atoms with Crippen LogP contribution >= 0.6 is 11.6 Å². The minimum absolute atomic E-state index is 0.00917. The topological polar surface area (TPSA) is 96.0 Å². The number of carbonyl (C=O) groups is 2. The Labute approximate surface area is 203 Å². The van der Waals surface area contributed by atoms with Crippen LogP contribution in [-0.4, -0.2) is 81.3 Å². The molecule has 3 saturated heterocycles. The average molecular weight is 504 g/mol. The number of sulfone groups is 1. The predicted octanol–water partition coefficient (Wildman–Crippen LogP) is 2.52. The molecular formula is C24H26ClN3O5S. The van der Waals surface area contributed by atoms with Crippen molar-refractivity contribution in [3.05, 3.63) is 53.1 Å². The van der Waals surface area contributed by atoms with E-state index < -0.39 is 9.84 Å². The number of nitrogens with zero attached hydrogens (tertiary/aromatic N) is 2. The number of morpholine rings is 1. The standard InChI is InChI=1S/C24H26ClN3O5S/c1-34(31,32)22-10-18(25)6-7-19(22)16-4-2-15(3-5-16)17-11-28(12-17)24(30)27-9-8-21-20(13-27)26-23(29)14-33-21/h2-7,10,17,20-21H,8-9,11-14H2,1H3,(H,26,29)/t20-,21+/m1/s1. The third kappa shape index (κ3) is 4.52. The molecule has 2 aromatic rings. The summed E-state index contributed by atoms with van der Waals surface area (Å²) in [4.78, 5) is 28.4. The summed E-state index contributed by atoms with van der Waals surface area (Å²) in [5.74, 6) is 0.0955. The molecule has 0 bridgehead atoms. The van der Waals surface area contributed by atoms with Crippen molar-refractivity contribution >= 4 is 33.4 Å². The lowest BCUT2D eigenvalue weighted by Crippen LogP contribution is -2.63. The molecule has 2 atom stereocenters. The van der Waals surface area contributed by atoms with Crippen molar-refractivity contribution in [3.8, 4) is 11.1 Å². The Kier molecular flexibility index (Phi) is 6.03. The van der Waals surface area contributed by atoms with Crippen molar-refractivity contribution in [1.29, 1.82) is 0 Å². The van der Waals surface area contributed by atoms with E-state index in [9.17, 15) is 18.0 Å². The minimum atomic E-state index is -3.43. The third-order valence-electron chi connectivity index (χ3n) is 6.78. The Morgan fingerprint density at radius 1 is 1.09 bits per heavy atom. The number of piperidine rings is 1. The van der Waals surface area contributed by atoms with Crippen LogP contribution in [0.3, 0.4) is 0 Å². The van der Waals surface area contributed by atoms with Gasteiger partial charge in [0.25, 0.3) is 0 Å². The molecule has 0 aromatic heterocycles. The van der Waals surface area contributed by atoms with Gasteiger partial charge in [-0.1, -0.05) is 41.9 Å². The molecule has 3 aliphatic rings. The Hall–Kier alpha value is -2.62. The number of nitrogens with one attached hydrogen (secondary N) is 1. The molecule has 3 fully saturated rings. The number of benzene rings is 2. The first-order chi connectivity index (χ1) is 16.2. The summed E-state index contributed by atoms with van der Waals surface area (Å²) in [6, 6.07) is 12.5. The summed E-state index contributed by atoms with van der Waals surface area (Å²) < 4.78 is 30.0. The first-order valence-electron chi connectivity index (χ1n) is 11.2. The third-order valence-corrected chi connectivity index (χ3v) is 8.15.